The van der Waals surface area contributed by atoms with Gasteiger partial charge >= 0.3 is 6.18 Å². The second kappa shape index (κ2) is 6.64. The highest BCUT2D eigenvalue weighted by atomic mass is 19.4. The summed E-state index contributed by atoms with van der Waals surface area (Å²) in [7, 11) is 0. The van der Waals surface area contributed by atoms with Crippen LogP contribution in [0.25, 0.3) is 0 Å². The molecule has 1 aromatic rings. The normalized spacial score (nSPS) is 11.6. The van der Waals surface area contributed by atoms with Gasteiger partial charge in [0, 0.05) is 18.8 Å². The summed E-state index contributed by atoms with van der Waals surface area (Å²) in [6.07, 6.45) is -3.37. The Morgan fingerprint density at radius 1 is 1.22 bits per heavy atom. The van der Waals surface area contributed by atoms with Gasteiger partial charge in [-0.25, -0.2) is 0 Å². The van der Waals surface area contributed by atoms with Crippen LogP contribution in [-0.4, -0.2) is 19.8 Å². The fraction of sp³-hybridized carbons (Fsp3) is 0.538. The number of aryl methyl sites for hydroxylation is 1. The Hall–Kier alpha value is -1.23. The molecular formula is C13H18F3NO. The van der Waals surface area contributed by atoms with Crippen LogP contribution in [0.4, 0.5) is 18.9 Å². The molecule has 0 aliphatic rings. The van der Waals surface area contributed by atoms with Gasteiger partial charge in [0.2, 0.25) is 0 Å². The van der Waals surface area contributed by atoms with Crippen LogP contribution in [0.2, 0.25) is 0 Å². The Labute approximate surface area is 105 Å². The fourth-order valence-corrected chi connectivity index (χ4v) is 1.49. The molecule has 1 rings (SSSR count). The van der Waals surface area contributed by atoms with Crippen molar-refractivity contribution in [3.63, 3.8) is 0 Å². The van der Waals surface area contributed by atoms with Gasteiger partial charge in [-0.1, -0.05) is 13.0 Å². The van der Waals surface area contributed by atoms with Gasteiger partial charge in [-0.2, -0.15) is 13.2 Å². The van der Waals surface area contributed by atoms with Gasteiger partial charge in [0.1, 0.15) is 0 Å². The first-order valence-corrected chi connectivity index (χ1v) is 5.94. The molecule has 5 heteroatoms. The SMILES string of the molecule is CCCOCCNc1cc(C(F)(F)F)ccc1C. The van der Waals surface area contributed by atoms with Crippen LogP contribution in [0.3, 0.4) is 0 Å². The van der Waals surface area contributed by atoms with Crippen LogP contribution in [0.15, 0.2) is 18.2 Å². The van der Waals surface area contributed by atoms with Crippen molar-refractivity contribution in [1.82, 2.24) is 0 Å². The molecule has 0 aliphatic carbocycles. The maximum Gasteiger partial charge on any atom is 0.416 e. The Balaban J connectivity index is 2.59. The third-order valence-electron chi connectivity index (χ3n) is 2.48. The third kappa shape index (κ3) is 4.56. The van der Waals surface area contributed by atoms with Crippen molar-refractivity contribution in [2.24, 2.45) is 0 Å². The predicted molar refractivity (Wildman–Crippen MR) is 65.8 cm³/mol. The average Bonchev–Trinajstić information content (AvgIpc) is 2.29. The summed E-state index contributed by atoms with van der Waals surface area (Å²) in [6, 6.07) is 3.70. The van der Waals surface area contributed by atoms with E-state index in [0.717, 1.165) is 24.1 Å². The number of rotatable bonds is 6. The molecule has 0 atom stereocenters. The average molecular weight is 261 g/mol. The fourth-order valence-electron chi connectivity index (χ4n) is 1.49. The first-order valence-electron chi connectivity index (χ1n) is 5.94. The van der Waals surface area contributed by atoms with Crippen LogP contribution in [-0.2, 0) is 10.9 Å². The Bertz CT molecular complexity index is 377. The van der Waals surface area contributed by atoms with Crippen molar-refractivity contribution in [3.8, 4) is 0 Å². The van der Waals surface area contributed by atoms with Crippen LogP contribution in [0.1, 0.15) is 24.5 Å². The van der Waals surface area contributed by atoms with Gasteiger partial charge in [-0.3, -0.25) is 0 Å². The van der Waals surface area contributed by atoms with Crippen molar-refractivity contribution in [2.75, 3.05) is 25.1 Å². The van der Waals surface area contributed by atoms with Crippen molar-refractivity contribution in [2.45, 2.75) is 26.4 Å². The molecule has 0 amide bonds. The second-order valence-corrected chi connectivity index (χ2v) is 4.07. The number of hydrogen-bond acceptors (Lipinski definition) is 2. The number of ether oxygens (including phenoxy) is 1. The minimum absolute atomic E-state index is 0.490. The highest BCUT2D eigenvalue weighted by Gasteiger charge is 2.30. The highest BCUT2D eigenvalue weighted by Crippen LogP contribution is 2.31. The lowest BCUT2D eigenvalue weighted by atomic mass is 10.1. The standard InChI is InChI=1S/C13H18F3NO/c1-3-7-18-8-6-17-12-9-11(13(14,15)16)5-4-10(12)2/h4-5,9,17H,3,6-8H2,1-2H3. The second-order valence-electron chi connectivity index (χ2n) is 4.07. The van der Waals surface area contributed by atoms with Crippen LogP contribution < -0.4 is 5.32 Å². The molecule has 0 aliphatic heterocycles. The first-order chi connectivity index (χ1) is 8.45. The van der Waals surface area contributed by atoms with E-state index in [1.165, 1.54) is 6.07 Å². The molecule has 0 radical (unpaired) electrons. The number of anilines is 1. The number of alkyl halides is 3. The molecular weight excluding hydrogens is 243 g/mol. The predicted octanol–water partition coefficient (Wildman–Crippen LogP) is 3.85. The summed E-state index contributed by atoms with van der Waals surface area (Å²) in [4.78, 5) is 0. The van der Waals surface area contributed by atoms with E-state index in [0.29, 0.717) is 25.4 Å². The molecule has 0 unspecified atom stereocenters. The van der Waals surface area contributed by atoms with Gasteiger partial charge in [0.25, 0.3) is 0 Å². The van der Waals surface area contributed by atoms with Crippen LogP contribution in [0, 0.1) is 6.92 Å². The molecule has 0 spiro atoms. The van der Waals surface area contributed by atoms with Crippen LogP contribution >= 0.6 is 0 Å². The minimum atomic E-state index is -4.30. The van der Waals surface area contributed by atoms with Crippen molar-refractivity contribution >= 4 is 5.69 Å². The molecule has 1 N–H and O–H groups in total. The van der Waals surface area contributed by atoms with E-state index in [1.54, 1.807) is 6.92 Å². The van der Waals surface area contributed by atoms with Gasteiger partial charge in [0.15, 0.2) is 0 Å². The lowest BCUT2D eigenvalue weighted by Gasteiger charge is -2.13. The largest absolute Gasteiger partial charge is 0.416 e. The van der Waals surface area contributed by atoms with Crippen LogP contribution in [0.5, 0.6) is 0 Å². The van der Waals surface area contributed by atoms with E-state index in [4.69, 9.17) is 4.74 Å². The Morgan fingerprint density at radius 2 is 1.94 bits per heavy atom. The maximum absolute atomic E-state index is 12.5. The van der Waals surface area contributed by atoms with E-state index in [-0.39, 0.29) is 0 Å². The summed E-state index contributed by atoms with van der Waals surface area (Å²) in [5.74, 6) is 0. The number of benzene rings is 1. The van der Waals surface area contributed by atoms with E-state index in [9.17, 15) is 13.2 Å². The molecule has 0 saturated heterocycles. The third-order valence-corrected chi connectivity index (χ3v) is 2.48. The molecule has 1 aromatic carbocycles. The monoisotopic (exact) mass is 261 g/mol. The summed E-state index contributed by atoms with van der Waals surface area (Å²) < 4.78 is 42.9. The highest BCUT2D eigenvalue weighted by molar-refractivity contribution is 5.53. The van der Waals surface area contributed by atoms with Crippen molar-refractivity contribution < 1.29 is 17.9 Å². The quantitative estimate of drug-likeness (QED) is 0.785. The molecule has 0 aromatic heterocycles. The summed E-state index contributed by atoms with van der Waals surface area (Å²) in [6.45, 7) is 5.44. The Kier molecular flexibility index (Phi) is 5.47. The number of hydrogen-bond donors (Lipinski definition) is 1. The smallest absolute Gasteiger partial charge is 0.383 e. The molecule has 0 fully saturated rings. The van der Waals surface area contributed by atoms with Gasteiger partial charge in [-0.15, -0.1) is 0 Å². The molecule has 0 saturated carbocycles. The van der Waals surface area contributed by atoms with E-state index < -0.39 is 11.7 Å². The molecule has 0 bridgehead atoms. The number of halogens is 3. The molecule has 0 heterocycles. The topological polar surface area (TPSA) is 21.3 Å². The number of nitrogens with one attached hydrogen (secondary N) is 1. The van der Waals surface area contributed by atoms with E-state index in [2.05, 4.69) is 5.32 Å². The van der Waals surface area contributed by atoms with Crippen molar-refractivity contribution in [1.29, 1.82) is 0 Å². The zero-order valence-electron chi connectivity index (χ0n) is 10.6. The lowest BCUT2D eigenvalue weighted by molar-refractivity contribution is -0.137. The van der Waals surface area contributed by atoms with E-state index >= 15 is 0 Å². The molecule has 102 valence electrons. The van der Waals surface area contributed by atoms with Crippen molar-refractivity contribution in [3.05, 3.63) is 29.3 Å². The molecule has 2 nitrogen and oxygen atoms in total. The van der Waals surface area contributed by atoms with Gasteiger partial charge in [0.05, 0.1) is 12.2 Å². The van der Waals surface area contributed by atoms with Gasteiger partial charge < -0.3 is 10.1 Å². The summed E-state index contributed by atoms with van der Waals surface area (Å²) in [5, 5.41) is 2.96. The summed E-state index contributed by atoms with van der Waals surface area (Å²) in [5.41, 5.74) is 0.661. The Morgan fingerprint density at radius 3 is 2.56 bits per heavy atom. The molecule has 18 heavy (non-hydrogen) atoms. The summed E-state index contributed by atoms with van der Waals surface area (Å²) >= 11 is 0. The van der Waals surface area contributed by atoms with E-state index in [1.807, 2.05) is 6.92 Å². The lowest BCUT2D eigenvalue weighted by Crippen LogP contribution is -2.12. The minimum Gasteiger partial charge on any atom is -0.383 e. The first kappa shape index (κ1) is 14.8. The van der Waals surface area contributed by atoms with Gasteiger partial charge in [-0.05, 0) is 31.0 Å². The maximum atomic E-state index is 12.5. The zero-order chi connectivity index (χ0) is 13.6. The zero-order valence-corrected chi connectivity index (χ0v) is 10.6.